The van der Waals surface area contributed by atoms with Crippen LogP contribution in [-0.4, -0.2) is 81.2 Å². The molecule has 0 aromatic carbocycles. The highest BCUT2D eigenvalue weighted by Gasteiger charge is 2.63. The molecule has 0 aromatic heterocycles. The lowest BCUT2D eigenvalue weighted by molar-refractivity contribution is -0.230. The first-order chi connectivity index (χ1) is 12.0. The molecular weight excluding hydrogens is 352 g/mol. The maximum atomic E-state index is 12.6. The summed E-state index contributed by atoms with van der Waals surface area (Å²) < 4.78 is 10.1. The Kier molecular flexibility index (Phi) is 5.40. The van der Waals surface area contributed by atoms with E-state index in [1.54, 1.807) is 0 Å². The molecule has 4 atom stereocenters. The van der Waals surface area contributed by atoms with Crippen molar-refractivity contribution in [1.29, 1.82) is 0 Å². The molecular formula is C15H22N2O9. The van der Waals surface area contributed by atoms with E-state index in [4.69, 9.17) is 9.47 Å². The summed E-state index contributed by atoms with van der Waals surface area (Å²) in [5.74, 6) is -2.79. The van der Waals surface area contributed by atoms with E-state index in [1.807, 2.05) is 0 Å². The Morgan fingerprint density at radius 3 is 2.65 bits per heavy atom. The van der Waals surface area contributed by atoms with Crippen molar-refractivity contribution in [2.45, 2.75) is 43.4 Å². The number of nitrogens with one attached hydrogen (secondary N) is 2. The predicted molar refractivity (Wildman–Crippen MR) is 83.0 cm³/mol. The lowest BCUT2D eigenvalue weighted by Gasteiger charge is -2.50. The molecule has 6 N–H and O–H groups in total. The molecule has 3 rings (SSSR count). The second-order valence-electron chi connectivity index (χ2n) is 6.40. The largest absolute Gasteiger partial charge is 0.462 e. The third kappa shape index (κ3) is 3.31. The fourth-order valence-electron chi connectivity index (χ4n) is 2.77. The predicted octanol–water partition coefficient (Wildman–Crippen LogP) is -3.37. The zero-order chi connectivity index (χ0) is 19.8. The normalized spacial score (nSPS) is 33.5. The highest BCUT2D eigenvalue weighted by molar-refractivity contribution is 6.03. The Morgan fingerprint density at radius 2 is 2.08 bits per heavy atom. The zero-order valence-corrected chi connectivity index (χ0v) is 14.3. The van der Waals surface area contributed by atoms with Crippen LogP contribution in [0.25, 0.3) is 0 Å². The van der Waals surface area contributed by atoms with Gasteiger partial charge in [-0.25, -0.2) is 0 Å². The summed E-state index contributed by atoms with van der Waals surface area (Å²) in [6.45, 7) is 0.870. The molecule has 3 aliphatic rings. The molecule has 3 aliphatic heterocycles. The van der Waals surface area contributed by atoms with Gasteiger partial charge in [0.2, 0.25) is 5.72 Å². The van der Waals surface area contributed by atoms with Crippen LogP contribution in [0.1, 0.15) is 20.3 Å². The minimum atomic E-state index is -2.44. The van der Waals surface area contributed by atoms with Gasteiger partial charge in [0.1, 0.15) is 18.3 Å². The zero-order valence-electron chi connectivity index (χ0n) is 14.3. The van der Waals surface area contributed by atoms with Crippen LogP contribution in [0, 0.1) is 0 Å². The lowest BCUT2D eigenvalue weighted by atomic mass is 9.84. The number of amides is 2. The molecule has 0 aliphatic carbocycles. The molecule has 26 heavy (non-hydrogen) atoms. The Balaban J connectivity index is 2.37. The summed E-state index contributed by atoms with van der Waals surface area (Å²) in [5.41, 5.74) is -6.97. The van der Waals surface area contributed by atoms with Gasteiger partial charge in [-0.1, -0.05) is 0 Å². The summed E-state index contributed by atoms with van der Waals surface area (Å²) in [7, 11) is 0. The Labute approximate surface area is 148 Å². The third-order valence-electron chi connectivity index (χ3n) is 4.34. The van der Waals surface area contributed by atoms with Gasteiger partial charge in [0.25, 0.3) is 17.5 Å². The summed E-state index contributed by atoms with van der Waals surface area (Å²) in [5, 5.41) is 44.5. The topological polar surface area (TPSA) is 175 Å². The Hall–Kier alpha value is -2.05. The first-order valence-corrected chi connectivity index (χ1v) is 7.85. The number of aliphatic hydroxyl groups is 4. The SMILES string of the molecule is CC(=O)OC/C=C1\CCO[C@]2([C@H](O)[C@@](C)(O)CO)NC(=O)[C@@]1(O)NC2=O. The quantitative estimate of drug-likeness (QED) is 0.212. The van der Waals surface area contributed by atoms with Crippen molar-refractivity contribution in [1.82, 2.24) is 10.6 Å². The molecule has 146 valence electrons. The number of hydrogen-bond acceptors (Lipinski definition) is 9. The fourth-order valence-corrected chi connectivity index (χ4v) is 2.77. The molecule has 0 radical (unpaired) electrons. The number of carbonyl (C=O) groups is 3. The Morgan fingerprint density at radius 1 is 1.42 bits per heavy atom. The van der Waals surface area contributed by atoms with E-state index >= 15 is 0 Å². The summed E-state index contributed by atoms with van der Waals surface area (Å²) in [6.07, 6.45) is -0.801. The van der Waals surface area contributed by atoms with Crippen LogP contribution in [0.3, 0.4) is 0 Å². The van der Waals surface area contributed by atoms with Crippen LogP contribution in [0.2, 0.25) is 0 Å². The summed E-state index contributed by atoms with van der Waals surface area (Å²) >= 11 is 0. The van der Waals surface area contributed by atoms with Gasteiger partial charge in [-0.15, -0.1) is 0 Å². The van der Waals surface area contributed by atoms with Gasteiger partial charge >= 0.3 is 5.97 Å². The average molecular weight is 374 g/mol. The van der Waals surface area contributed by atoms with Crippen molar-refractivity contribution < 1.29 is 44.3 Å². The molecule has 0 aromatic rings. The maximum Gasteiger partial charge on any atom is 0.302 e. The molecule has 3 heterocycles. The number of fused-ring (bicyclic) bond motifs is 5. The maximum absolute atomic E-state index is 12.6. The van der Waals surface area contributed by atoms with Gasteiger partial charge in [0.05, 0.1) is 13.2 Å². The van der Waals surface area contributed by atoms with E-state index in [0.717, 1.165) is 6.92 Å². The molecule has 2 bridgehead atoms. The van der Waals surface area contributed by atoms with Gasteiger partial charge in [0.15, 0.2) is 0 Å². The fraction of sp³-hybridized carbons (Fsp3) is 0.667. The third-order valence-corrected chi connectivity index (χ3v) is 4.34. The van der Waals surface area contributed by atoms with Gasteiger partial charge in [0, 0.05) is 6.92 Å². The van der Waals surface area contributed by atoms with Crippen LogP contribution in [-0.2, 0) is 23.9 Å². The molecule has 2 amide bonds. The minimum Gasteiger partial charge on any atom is -0.462 e. The molecule has 11 heteroatoms. The number of esters is 1. The standard InChI is InChI=1S/C15H22N2O9/c1-8(19)25-5-3-9-4-6-26-15(10(20)13(2,23)7-18)12(22)16-14(9,24)11(21)17-15/h3,10,18,20,23-24H,4-7H2,1-2H3,(H,16,22)(H,17,21)/b9-3+/t10-,13+,14-,15+/m1/s1. The van der Waals surface area contributed by atoms with Crippen LogP contribution >= 0.6 is 0 Å². The summed E-state index contributed by atoms with van der Waals surface area (Å²) in [4.78, 5) is 35.9. The van der Waals surface area contributed by atoms with Crippen molar-refractivity contribution in [2.24, 2.45) is 0 Å². The summed E-state index contributed by atoms with van der Waals surface area (Å²) in [6, 6.07) is 0. The number of carbonyl (C=O) groups excluding carboxylic acids is 3. The molecule has 0 spiro atoms. The highest BCUT2D eigenvalue weighted by atomic mass is 16.5. The van der Waals surface area contributed by atoms with E-state index in [2.05, 4.69) is 10.6 Å². The second-order valence-corrected chi connectivity index (χ2v) is 6.40. The van der Waals surface area contributed by atoms with E-state index < -0.39 is 47.5 Å². The van der Waals surface area contributed by atoms with E-state index in [0.29, 0.717) is 0 Å². The van der Waals surface area contributed by atoms with Crippen LogP contribution < -0.4 is 10.6 Å². The number of piperazine rings is 1. The van der Waals surface area contributed by atoms with Gasteiger partial charge < -0.3 is 40.5 Å². The van der Waals surface area contributed by atoms with E-state index in [9.17, 15) is 34.8 Å². The van der Waals surface area contributed by atoms with Crippen LogP contribution in [0.15, 0.2) is 11.6 Å². The van der Waals surface area contributed by atoms with Crippen molar-refractivity contribution in [3.05, 3.63) is 11.6 Å². The van der Waals surface area contributed by atoms with E-state index in [1.165, 1.54) is 13.0 Å². The second kappa shape index (κ2) is 6.93. The molecule has 0 unspecified atom stereocenters. The monoisotopic (exact) mass is 374 g/mol. The van der Waals surface area contributed by atoms with Crippen molar-refractivity contribution in [2.75, 3.05) is 19.8 Å². The smallest absolute Gasteiger partial charge is 0.302 e. The first kappa shape index (κ1) is 20.3. The molecule has 3 fully saturated rings. The average Bonchev–Trinajstić information content (AvgIpc) is 2.55. The molecule has 3 saturated heterocycles. The van der Waals surface area contributed by atoms with Crippen LogP contribution in [0.4, 0.5) is 0 Å². The Bertz CT molecular complexity index is 647. The number of ether oxygens (including phenoxy) is 2. The van der Waals surface area contributed by atoms with Crippen molar-refractivity contribution in [3.8, 4) is 0 Å². The van der Waals surface area contributed by atoms with Gasteiger partial charge in [-0.05, 0) is 25.0 Å². The number of rotatable bonds is 5. The first-order valence-electron chi connectivity index (χ1n) is 7.85. The van der Waals surface area contributed by atoms with Gasteiger partial charge in [-0.3, -0.25) is 14.4 Å². The molecule has 0 saturated carbocycles. The number of hydrogen-bond donors (Lipinski definition) is 6. The molecule has 11 nitrogen and oxygen atoms in total. The highest BCUT2D eigenvalue weighted by Crippen LogP contribution is 2.33. The minimum absolute atomic E-state index is 0.0290. The van der Waals surface area contributed by atoms with Crippen molar-refractivity contribution >= 4 is 17.8 Å². The van der Waals surface area contributed by atoms with Crippen molar-refractivity contribution in [3.63, 3.8) is 0 Å². The van der Waals surface area contributed by atoms with E-state index in [-0.39, 0.29) is 25.2 Å². The lowest BCUT2D eigenvalue weighted by Crippen LogP contribution is -2.82. The van der Waals surface area contributed by atoms with Crippen LogP contribution in [0.5, 0.6) is 0 Å². The van der Waals surface area contributed by atoms with Gasteiger partial charge in [-0.2, -0.15) is 0 Å². The number of aliphatic hydroxyl groups excluding tert-OH is 2.